The van der Waals surface area contributed by atoms with Crippen molar-refractivity contribution in [3.63, 3.8) is 0 Å². The second kappa shape index (κ2) is 11.9. The van der Waals surface area contributed by atoms with E-state index in [0.717, 1.165) is 49.3 Å². The van der Waals surface area contributed by atoms with Crippen LogP contribution in [0.15, 0.2) is 67.0 Å². The van der Waals surface area contributed by atoms with Crippen molar-refractivity contribution >= 4 is 23.0 Å². The van der Waals surface area contributed by atoms with Crippen LogP contribution in [0.1, 0.15) is 47.0 Å². The van der Waals surface area contributed by atoms with Crippen LogP contribution in [0.5, 0.6) is 0 Å². The van der Waals surface area contributed by atoms with Crippen molar-refractivity contribution in [1.29, 1.82) is 0 Å². The van der Waals surface area contributed by atoms with Crippen molar-refractivity contribution in [3.05, 3.63) is 95.1 Å². The number of nitrogens with zero attached hydrogens (tertiary/aromatic N) is 3. The van der Waals surface area contributed by atoms with E-state index in [1.54, 1.807) is 6.20 Å². The van der Waals surface area contributed by atoms with Crippen LogP contribution < -0.4 is 5.32 Å². The minimum atomic E-state index is -0.807. The third-order valence-corrected chi connectivity index (χ3v) is 5.71. The molecule has 0 saturated heterocycles. The Balaban J connectivity index is 0.00000289. The Kier molecular flexibility index (Phi) is 8.90. The Bertz CT molecular complexity index is 998. The minimum Gasteiger partial charge on any atom is -0.480 e. The van der Waals surface area contributed by atoms with Gasteiger partial charge in [-0.15, -0.1) is 17.0 Å². The average Bonchev–Trinajstić information content (AvgIpc) is 2.80. The summed E-state index contributed by atoms with van der Waals surface area (Å²) in [4.78, 5) is 22.5. The normalized spacial score (nSPS) is 15.1. The molecule has 4 rings (SSSR count). The first kappa shape index (κ1) is 24.0. The fourth-order valence-corrected chi connectivity index (χ4v) is 4.23. The maximum atomic E-state index is 11.6. The number of hydrogen-bond donors (Lipinski definition) is 2. The largest absolute Gasteiger partial charge is 0.480 e. The van der Waals surface area contributed by atoms with Gasteiger partial charge in [0.05, 0.1) is 24.0 Å². The lowest BCUT2D eigenvalue weighted by Crippen LogP contribution is -2.35. The molecule has 1 aromatic carbocycles. The zero-order chi connectivity index (χ0) is 21.5. The quantitative estimate of drug-likeness (QED) is 0.459. The minimum absolute atomic E-state index is 0. The van der Waals surface area contributed by atoms with Gasteiger partial charge in [-0.3, -0.25) is 19.7 Å². The van der Waals surface area contributed by atoms with Crippen molar-refractivity contribution in [2.45, 2.75) is 44.9 Å². The average molecular weight is 497 g/mol. The van der Waals surface area contributed by atoms with Gasteiger partial charge >= 0.3 is 5.97 Å². The number of aliphatic carboxylic acids is 1. The molecule has 3 aromatic rings. The van der Waals surface area contributed by atoms with Crippen molar-refractivity contribution in [1.82, 2.24) is 20.2 Å². The molecule has 0 spiro atoms. The number of halogens is 1. The first-order valence-corrected chi connectivity index (χ1v) is 10.8. The lowest BCUT2D eigenvalue weighted by molar-refractivity contribution is -0.139. The Morgan fingerprint density at radius 2 is 1.78 bits per heavy atom. The van der Waals surface area contributed by atoms with E-state index < -0.39 is 5.97 Å². The molecule has 2 aromatic heterocycles. The van der Waals surface area contributed by atoms with Crippen LogP contribution in [0.25, 0.3) is 0 Å². The fraction of sp³-hybridized carbons (Fsp3) is 0.320. The predicted molar refractivity (Wildman–Crippen MR) is 130 cm³/mol. The number of aryl methyl sites for hydroxylation is 1. The molecule has 1 unspecified atom stereocenters. The number of hydrogen-bond acceptors (Lipinski definition) is 5. The van der Waals surface area contributed by atoms with E-state index in [-0.39, 0.29) is 29.6 Å². The van der Waals surface area contributed by atoms with Gasteiger partial charge in [0.15, 0.2) is 0 Å². The summed E-state index contributed by atoms with van der Waals surface area (Å²) >= 11 is 0. The van der Waals surface area contributed by atoms with E-state index in [2.05, 4.69) is 45.6 Å². The van der Waals surface area contributed by atoms with Gasteiger partial charge < -0.3 is 10.4 Å². The highest BCUT2D eigenvalue weighted by atomic mass is 79.9. The summed E-state index contributed by atoms with van der Waals surface area (Å²) < 4.78 is 0. The molecule has 0 aliphatic heterocycles. The molecule has 168 valence electrons. The molecule has 1 atom stereocenters. The molecule has 0 bridgehead atoms. The van der Waals surface area contributed by atoms with Crippen LogP contribution in [0.4, 0.5) is 0 Å². The van der Waals surface area contributed by atoms with Crippen LogP contribution in [0, 0.1) is 0 Å². The maximum Gasteiger partial charge on any atom is 0.317 e. The van der Waals surface area contributed by atoms with Crippen molar-refractivity contribution < 1.29 is 9.90 Å². The smallest absolute Gasteiger partial charge is 0.317 e. The molecule has 2 N–H and O–H groups in total. The second-order valence-electron chi connectivity index (χ2n) is 8.00. The van der Waals surface area contributed by atoms with Gasteiger partial charge in [-0.05, 0) is 54.2 Å². The lowest BCUT2D eigenvalue weighted by Gasteiger charge is -2.34. The summed E-state index contributed by atoms with van der Waals surface area (Å²) in [5.74, 6) is -0.807. The number of pyridine rings is 2. The highest BCUT2D eigenvalue weighted by Crippen LogP contribution is 2.33. The number of nitrogens with one attached hydrogen (secondary N) is 1. The SMILES string of the molecule is Br.O=C(O)CN(Cc1ccc(CNCc2ccccn2)cc1)C1CCCc2cccnc21. The van der Waals surface area contributed by atoms with Crippen LogP contribution in [0.3, 0.4) is 0 Å². The van der Waals surface area contributed by atoms with E-state index in [9.17, 15) is 9.90 Å². The Hall–Kier alpha value is -2.61. The van der Waals surface area contributed by atoms with Gasteiger partial charge in [0.25, 0.3) is 0 Å². The molecule has 2 heterocycles. The second-order valence-corrected chi connectivity index (χ2v) is 8.00. The van der Waals surface area contributed by atoms with Gasteiger partial charge in [-0.25, -0.2) is 0 Å². The summed E-state index contributed by atoms with van der Waals surface area (Å²) in [5.41, 5.74) is 5.59. The lowest BCUT2D eigenvalue weighted by atomic mass is 9.90. The maximum absolute atomic E-state index is 11.6. The molecule has 1 aliphatic carbocycles. The predicted octanol–water partition coefficient (Wildman–Crippen LogP) is 4.31. The van der Waals surface area contributed by atoms with Crippen LogP contribution in [-0.2, 0) is 30.8 Å². The van der Waals surface area contributed by atoms with Crippen LogP contribution in [0.2, 0.25) is 0 Å². The van der Waals surface area contributed by atoms with Gasteiger partial charge in [-0.1, -0.05) is 36.4 Å². The summed E-state index contributed by atoms with van der Waals surface area (Å²) in [6.07, 6.45) is 6.62. The highest BCUT2D eigenvalue weighted by Gasteiger charge is 2.28. The topological polar surface area (TPSA) is 78.4 Å². The van der Waals surface area contributed by atoms with Gasteiger partial charge in [-0.2, -0.15) is 0 Å². The van der Waals surface area contributed by atoms with E-state index in [0.29, 0.717) is 6.54 Å². The first-order valence-electron chi connectivity index (χ1n) is 10.8. The zero-order valence-electron chi connectivity index (χ0n) is 18.0. The Labute approximate surface area is 199 Å². The number of fused-ring (bicyclic) bond motifs is 1. The molecule has 7 heteroatoms. The van der Waals surface area contributed by atoms with E-state index in [4.69, 9.17) is 0 Å². The molecular weight excluding hydrogens is 468 g/mol. The molecular formula is C25H29BrN4O2. The molecule has 0 amide bonds. The van der Waals surface area contributed by atoms with Gasteiger partial charge in [0.2, 0.25) is 0 Å². The summed E-state index contributed by atoms with van der Waals surface area (Å²) in [6, 6.07) is 18.4. The molecule has 0 radical (unpaired) electrons. The number of carboxylic acids is 1. The fourth-order valence-electron chi connectivity index (χ4n) is 4.23. The number of carbonyl (C=O) groups is 1. The van der Waals surface area contributed by atoms with E-state index in [1.807, 2.05) is 35.4 Å². The van der Waals surface area contributed by atoms with Gasteiger partial charge in [0.1, 0.15) is 0 Å². The van der Waals surface area contributed by atoms with Gasteiger partial charge in [0, 0.05) is 32.0 Å². The third kappa shape index (κ3) is 6.45. The van der Waals surface area contributed by atoms with Crippen molar-refractivity contribution in [2.24, 2.45) is 0 Å². The number of benzene rings is 1. The van der Waals surface area contributed by atoms with Crippen molar-refractivity contribution in [2.75, 3.05) is 6.54 Å². The van der Waals surface area contributed by atoms with Crippen LogP contribution in [-0.4, -0.2) is 32.5 Å². The van der Waals surface area contributed by atoms with Crippen LogP contribution >= 0.6 is 17.0 Å². The molecule has 0 saturated carbocycles. The van der Waals surface area contributed by atoms with E-state index >= 15 is 0 Å². The van der Waals surface area contributed by atoms with Crippen molar-refractivity contribution in [3.8, 4) is 0 Å². The molecule has 0 fully saturated rings. The molecule has 6 nitrogen and oxygen atoms in total. The summed E-state index contributed by atoms with van der Waals surface area (Å²) in [7, 11) is 0. The standard InChI is InChI=1S/C25H28N4O2.BrH/c30-24(31)18-29(23-8-3-5-21-6-4-14-28-25(21)23)17-20-11-9-19(10-12-20)15-26-16-22-7-1-2-13-27-22;/h1-2,4,6-7,9-14,23,26H,3,5,8,15-18H2,(H,30,31);1H. The van der Waals surface area contributed by atoms with E-state index in [1.165, 1.54) is 11.1 Å². The zero-order valence-corrected chi connectivity index (χ0v) is 19.7. The first-order chi connectivity index (χ1) is 15.2. The third-order valence-electron chi connectivity index (χ3n) is 5.71. The highest BCUT2D eigenvalue weighted by molar-refractivity contribution is 8.93. The summed E-state index contributed by atoms with van der Waals surface area (Å²) in [5, 5.41) is 12.9. The number of carboxylic acid groups (broad SMARTS) is 1. The molecule has 1 aliphatic rings. The number of aromatic nitrogens is 2. The Morgan fingerprint density at radius 1 is 1.00 bits per heavy atom. The monoisotopic (exact) mass is 496 g/mol. The molecule has 32 heavy (non-hydrogen) atoms. The Morgan fingerprint density at radius 3 is 2.53 bits per heavy atom. The summed E-state index contributed by atoms with van der Waals surface area (Å²) in [6.45, 7) is 2.08. The number of rotatable bonds is 9.